The Morgan fingerprint density at radius 3 is 1.34 bits per heavy atom. The van der Waals surface area contributed by atoms with Crippen molar-refractivity contribution in [2.45, 2.75) is 245 Å². The van der Waals surface area contributed by atoms with E-state index in [2.05, 4.69) is 31.3 Å². The predicted molar refractivity (Wildman–Crippen MR) is 234 cm³/mol. The van der Waals surface area contributed by atoms with Gasteiger partial charge in [0, 0.05) is 19.4 Å². The zero-order valence-electron chi connectivity index (χ0n) is 36.6. The molecule has 2 unspecified atom stereocenters. The molecule has 0 fully saturated rings. The second kappa shape index (κ2) is 43.3. The van der Waals surface area contributed by atoms with Crippen molar-refractivity contribution in [3.05, 3.63) is 12.2 Å². The number of nitrogens with one attached hydrogen (secondary N) is 1. The van der Waals surface area contributed by atoms with E-state index >= 15 is 0 Å². The monoisotopic (exact) mass is 816 g/mol. The van der Waals surface area contributed by atoms with Gasteiger partial charge in [0.1, 0.15) is 12.7 Å². The number of allylic oxidation sites excluding steroid dienone is 2. The normalized spacial score (nSPS) is 13.3. The van der Waals surface area contributed by atoms with Crippen LogP contribution in [-0.2, 0) is 27.9 Å². The molecule has 0 aromatic rings. The molecule has 0 aromatic carbocycles. The largest absolute Gasteiger partial charge is 0.472 e. The number of carbonyl (C=O) groups excluding carboxylic acids is 2. The minimum absolute atomic E-state index is 0.0862. The Balaban J connectivity index is 3.55. The van der Waals surface area contributed by atoms with Crippen LogP contribution in [0.4, 0.5) is 0 Å². The first kappa shape index (κ1) is 54.8. The van der Waals surface area contributed by atoms with E-state index < -0.39 is 26.5 Å². The molecule has 0 spiro atoms. The molecule has 0 bridgehead atoms. The number of phosphoric ester groups is 1. The van der Waals surface area contributed by atoms with Gasteiger partial charge in [0.2, 0.25) is 5.91 Å². The van der Waals surface area contributed by atoms with E-state index in [0.29, 0.717) is 6.42 Å². The second-order valence-electron chi connectivity index (χ2n) is 16.1. The number of amides is 1. The van der Waals surface area contributed by atoms with Crippen LogP contribution in [0.25, 0.3) is 0 Å². The molecule has 0 aromatic heterocycles. The third kappa shape index (κ3) is 43.9. The Labute approximate surface area is 345 Å². The first-order chi connectivity index (χ1) is 27.3. The standard InChI is InChI=1S/C46H90NO8P/c1-3-5-7-9-11-13-15-17-19-21-23-25-27-29-31-33-35-37-39-46(50)53-42-44(48)43-55-56(51,52)54-41-40-47-45(49)38-36-34-32-30-28-26-24-22-20-18-16-14-12-10-8-6-4-2/h19,21,44,48H,3-18,20,22-43H2,1-2H3,(H,47,49)(H,51,52)/b21-19-. The molecule has 332 valence electrons. The zero-order chi connectivity index (χ0) is 41.1. The Hall–Kier alpha value is -1.25. The average molecular weight is 816 g/mol. The molecule has 0 saturated heterocycles. The van der Waals surface area contributed by atoms with Gasteiger partial charge >= 0.3 is 13.8 Å². The van der Waals surface area contributed by atoms with Crippen LogP contribution in [0.3, 0.4) is 0 Å². The first-order valence-corrected chi connectivity index (χ1v) is 25.2. The molecule has 0 heterocycles. The highest BCUT2D eigenvalue weighted by Gasteiger charge is 2.23. The number of hydrogen-bond acceptors (Lipinski definition) is 7. The van der Waals surface area contributed by atoms with E-state index in [1.165, 1.54) is 173 Å². The van der Waals surface area contributed by atoms with Gasteiger partial charge in [0.15, 0.2) is 0 Å². The third-order valence-corrected chi connectivity index (χ3v) is 11.4. The van der Waals surface area contributed by atoms with Gasteiger partial charge in [-0.1, -0.05) is 199 Å². The van der Waals surface area contributed by atoms with Crippen LogP contribution < -0.4 is 5.32 Å². The fraction of sp³-hybridized carbons (Fsp3) is 0.913. The fourth-order valence-electron chi connectivity index (χ4n) is 6.85. The molecule has 0 aliphatic heterocycles. The molecule has 2 atom stereocenters. The summed E-state index contributed by atoms with van der Waals surface area (Å²) < 4.78 is 26.9. The summed E-state index contributed by atoms with van der Waals surface area (Å²) in [6.07, 6.45) is 45.7. The number of rotatable bonds is 45. The van der Waals surface area contributed by atoms with Crippen molar-refractivity contribution in [3.63, 3.8) is 0 Å². The van der Waals surface area contributed by atoms with Crippen molar-refractivity contribution in [2.75, 3.05) is 26.4 Å². The van der Waals surface area contributed by atoms with Gasteiger partial charge in [-0.05, 0) is 38.5 Å². The number of unbranched alkanes of at least 4 members (excludes halogenated alkanes) is 30. The lowest BCUT2D eigenvalue weighted by atomic mass is 10.0. The highest BCUT2D eigenvalue weighted by atomic mass is 31.2. The summed E-state index contributed by atoms with van der Waals surface area (Å²) >= 11 is 0. The van der Waals surface area contributed by atoms with Crippen molar-refractivity contribution in [1.29, 1.82) is 0 Å². The number of carbonyl (C=O) groups is 2. The molecule has 0 aliphatic rings. The Morgan fingerprint density at radius 2 is 0.911 bits per heavy atom. The molecule has 0 saturated carbocycles. The molecular weight excluding hydrogens is 725 g/mol. The smallest absolute Gasteiger partial charge is 0.463 e. The van der Waals surface area contributed by atoms with Crippen LogP contribution in [0.5, 0.6) is 0 Å². The van der Waals surface area contributed by atoms with Gasteiger partial charge in [0.05, 0.1) is 13.2 Å². The summed E-state index contributed by atoms with van der Waals surface area (Å²) in [6, 6.07) is 0. The first-order valence-electron chi connectivity index (χ1n) is 23.7. The quantitative estimate of drug-likeness (QED) is 0.0240. The second-order valence-corrected chi connectivity index (χ2v) is 17.5. The van der Waals surface area contributed by atoms with E-state index in [4.69, 9.17) is 13.8 Å². The SMILES string of the molecule is CCCCCCCCC/C=C\CCCCCCCCCC(=O)OCC(O)COP(=O)(O)OCCNC(=O)CCCCCCCCCCCCCCCCCCC. The molecule has 0 radical (unpaired) electrons. The Kier molecular flexibility index (Phi) is 42.4. The third-order valence-electron chi connectivity index (χ3n) is 10.4. The van der Waals surface area contributed by atoms with Crippen molar-refractivity contribution < 1.29 is 37.9 Å². The van der Waals surface area contributed by atoms with Crippen LogP contribution >= 0.6 is 7.82 Å². The fourth-order valence-corrected chi connectivity index (χ4v) is 7.60. The summed E-state index contributed by atoms with van der Waals surface area (Å²) in [6.45, 7) is 3.59. The van der Waals surface area contributed by atoms with Gasteiger partial charge in [0.25, 0.3) is 0 Å². The van der Waals surface area contributed by atoms with Crippen LogP contribution in [0.1, 0.15) is 239 Å². The van der Waals surface area contributed by atoms with E-state index in [1.807, 2.05) is 0 Å². The summed E-state index contributed by atoms with van der Waals surface area (Å²) in [4.78, 5) is 34.0. The van der Waals surface area contributed by atoms with E-state index in [-0.39, 0.29) is 32.1 Å². The molecule has 56 heavy (non-hydrogen) atoms. The number of esters is 1. The van der Waals surface area contributed by atoms with Crippen molar-refractivity contribution >= 4 is 19.7 Å². The Morgan fingerprint density at radius 1 is 0.536 bits per heavy atom. The molecule has 0 rings (SSSR count). The topological polar surface area (TPSA) is 131 Å². The minimum Gasteiger partial charge on any atom is -0.463 e. The van der Waals surface area contributed by atoms with Gasteiger partial charge in [-0.3, -0.25) is 18.6 Å². The van der Waals surface area contributed by atoms with Crippen LogP contribution in [-0.4, -0.2) is 54.3 Å². The van der Waals surface area contributed by atoms with E-state index in [9.17, 15) is 24.2 Å². The molecule has 3 N–H and O–H groups in total. The van der Waals surface area contributed by atoms with Gasteiger partial charge in [-0.2, -0.15) is 0 Å². The van der Waals surface area contributed by atoms with Gasteiger partial charge in [-0.25, -0.2) is 4.57 Å². The van der Waals surface area contributed by atoms with Crippen LogP contribution in [0.15, 0.2) is 12.2 Å². The van der Waals surface area contributed by atoms with Gasteiger partial charge in [-0.15, -0.1) is 0 Å². The van der Waals surface area contributed by atoms with Crippen LogP contribution in [0.2, 0.25) is 0 Å². The maximum absolute atomic E-state index is 12.1. The number of phosphoric acid groups is 1. The molecule has 1 amide bonds. The number of aliphatic hydroxyl groups is 1. The maximum Gasteiger partial charge on any atom is 0.472 e. The highest BCUT2D eigenvalue weighted by Crippen LogP contribution is 2.42. The van der Waals surface area contributed by atoms with Crippen molar-refractivity contribution in [1.82, 2.24) is 5.32 Å². The van der Waals surface area contributed by atoms with Crippen LogP contribution in [0, 0.1) is 0 Å². The lowest BCUT2D eigenvalue weighted by molar-refractivity contribution is -0.147. The van der Waals surface area contributed by atoms with Gasteiger partial charge < -0.3 is 20.1 Å². The van der Waals surface area contributed by atoms with Crippen molar-refractivity contribution in [2.24, 2.45) is 0 Å². The predicted octanol–water partition coefficient (Wildman–Crippen LogP) is 13.4. The summed E-state index contributed by atoms with van der Waals surface area (Å²) in [5.74, 6) is -0.510. The molecule has 9 nitrogen and oxygen atoms in total. The summed E-state index contributed by atoms with van der Waals surface area (Å²) in [5.41, 5.74) is 0. The van der Waals surface area contributed by atoms with Crippen molar-refractivity contribution in [3.8, 4) is 0 Å². The molecule has 10 heteroatoms. The van der Waals surface area contributed by atoms with E-state index in [0.717, 1.165) is 38.5 Å². The maximum atomic E-state index is 12.1. The summed E-state index contributed by atoms with van der Waals surface area (Å²) in [5, 5.41) is 12.7. The molecule has 0 aliphatic carbocycles. The number of aliphatic hydroxyl groups excluding tert-OH is 1. The molecular formula is C46H90NO8P. The number of ether oxygens (including phenoxy) is 1. The number of hydrogen-bond donors (Lipinski definition) is 3. The Bertz CT molecular complexity index is 933. The average Bonchev–Trinajstić information content (AvgIpc) is 3.18. The minimum atomic E-state index is -4.41. The van der Waals surface area contributed by atoms with E-state index in [1.54, 1.807) is 0 Å². The zero-order valence-corrected chi connectivity index (χ0v) is 37.5. The lowest BCUT2D eigenvalue weighted by Crippen LogP contribution is -2.27. The summed E-state index contributed by atoms with van der Waals surface area (Å²) in [7, 11) is -4.41. The lowest BCUT2D eigenvalue weighted by Gasteiger charge is -2.15. The highest BCUT2D eigenvalue weighted by molar-refractivity contribution is 7.47.